The molecule has 0 spiro atoms. The Bertz CT molecular complexity index is 894. The molecule has 0 aliphatic heterocycles. The van der Waals surface area contributed by atoms with Gasteiger partial charge in [0.2, 0.25) is 0 Å². The third kappa shape index (κ3) is 16.1. The van der Waals surface area contributed by atoms with Crippen LogP contribution >= 0.6 is 0 Å². The molecule has 4 heteroatoms. The molecule has 0 saturated heterocycles. The fourth-order valence-electron chi connectivity index (χ4n) is 5.18. The molecule has 0 N–H and O–H groups in total. The van der Waals surface area contributed by atoms with Crippen molar-refractivity contribution >= 4 is 5.97 Å². The van der Waals surface area contributed by atoms with Crippen LogP contribution in [0.5, 0.6) is 5.75 Å². The van der Waals surface area contributed by atoms with E-state index in [1.54, 1.807) is 0 Å². The average Bonchev–Trinajstić information content (AvgIpc) is 2.95. The largest absolute Gasteiger partial charge is 0.490 e. The Hall–Kier alpha value is -2.33. The van der Waals surface area contributed by atoms with Gasteiger partial charge in [0, 0.05) is 12.0 Å². The van der Waals surface area contributed by atoms with E-state index >= 15 is 0 Å². The molecule has 2 aromatic carbocycles. The zero-order valence-corrected chi connectivity index (χ0v) is 26.2. The Morgan fingerprint density at radius 2 is 1.30 bits per heavy atom. The molecule has 2 rings (SSSR count). The van der Waals surface area contributed by atoms with Gasteiger partial charge in [0.05, 0.1) is 26.6 Å². The van der Waals surface area contributed by atoms with Crippen molar-refractivity contribution in [2.24, 2.45) is 5.92 Å². The number of carbonyl (C=O) groups excluding carboxylic acids is 1. The van der Waals surface area contributed by atoms with Crippen LogP contribution in [0.25, 0.3) is 0 Å². The SMILES string of the molecule is CCCCCCCCCCCCCCc1ccc(OCCOC(=O)C(C)CC[N+](C)(C)Cc2ccccc2)cc1. The van der Waals surface area contributed by atoms with Gasteiger partial charge < -0.3 is 14.0 Å². The van der Waals surface area contributed by atoms with Crippen molar-refractivity contribution in [1.29, 1.82) is 0 Å². The first kappa shape index (κ1) is 33.9. The second-order valence-electron chi connectivity index (χ2n) is 12.3. The number of hydrogen-bond acceptors (Lipinski definition) is 3. The highest BCUT2D eigenvalue weighted by Crippen LogP contribution is 2.17. The standard InChI is InChI=1S/C36H58NO3/c1-5-6-7-8-9-10-11-12-13-14-15-17-20-33-23-25-35(26-24-33)39-29-30-40-36(38)32(2)27-28-37(3,4)31-34-21-18-16-19-22-34/h16,18-19,21-26,32H,5-15,17,20,27-31H2,1-4H3/q+1. The summed E-state index contributed by atoms with van der Waals surface area (Å²) in [5.41, 5.74) is 2.69. The average molecular weight is 553 g/mol. The maximum Gasteiger partial charge on any atom is 0.308 e. The highest BCUT2D eigenvalue weighted by molar-refractivity contribution is 5.71. The Morgan fingerprint density at radius 1 is 0.725 bits per heavy atom. The van der Waals surface area contributed by atoms with Gasteiger partial charge in [-0.3, -0.25) is 4.79 Å². The van der Waals surface area contributed by atoms with Crippen LogP contribution in [-0.2, 0) is 22.5 Å². The number of nitrogens with zero attached hydrogens (tertiary/aromatic N) is 1. The molecular weight excluding hydrogens is 494 g/mol. The van der Waals surface area contributed by atoms with Gasteiger partial charge >= 0.3 is 5.97 Å². The van der Waals surface area contributed by atoms with Crippen LogP contribution in [0.2, 0.25) is 0 Å². The van der Waals surface area contributed by atoms with Gasteiger partial charge in [-0.2, -0.15) is 0 Å². The second-order valence-corrected chi connectivity index (χ2v) is 12.3. The number of benzene rings is 2. The van der Waals surface area contributed by atoms with E-state index in [2.05, 4.69) is 57.4 Å². The van der Waals surface area contributed by atoms with E-state index in [0.29, 0.717) is 6.61 Å². The van der Waals surface area contributed by atoms with Crippen LogP contribution in [0.15, 0.2) is 54.6 Å². The van der Waals surface area contributed by atoms with Gasteiger partial charge in [-0.1, -0.05) is 127 Å². The summed E-state index contributed by atoms with van der Waals surface area (Å²) in [6.07, 6.45) is 18.5. The van der Waals surface area contributed by atoms with Crippen molar-refractivity contribution < 1.29 is 18.8 Å². The summed E-state index contributed by atoms with van der Waals surface area (Å²) >= 11 is 0. The number of carbonyl (C=O) groups is 1. The number of quaternary nitrogens is 1. The Balaban J connectivity index is 1.48. The Morgan fingerprint density at radius 3 is 1.90 bits per heavy atom. The molecule has 0 aliphatic rings. The van der Waals surface area contributed by atoms with Crippen LogP contribution in [0, 0.1) is 5.92 Å². The molecule has 0 saturated carbocycles. The fourth-order valence-corrected chi connectivity index (χ4v) is 5.18. The summed E-state index contributed by atoms with van der Waals surface area (Å²) in [7, 11) is 4.42. The maximum atomic E-state index is 12.4. The number of esters is 1. The fraction of sp³-hybridized carbons (Fsp3) is 0.639. The zero-order chi connectivity index (χ0) is 28.9. The number of rotatable bonds is 23. The molecule has 4 nitrogen and oxygen atoms in total. The molecule has 0 heterocycles. The van der Waals surface area contributed by atoms with E-state index in [9.17, 15) is 4.79 Å². The molecule has 0 aromatic heterocycles. The van der Waals surface area contributed by atoms with Crippen LogP contribution in [0.4, 0.5) is 0 Å². The lowest BCUT2D eigenvalue weighted by molar-refractivity contribution is -0.904. The highest BCUT2D eigenvalue weighted by atomic mass is 16.6. The van der Waals surface area contributed by atoms with Crippen molar-refractivity contribution in [1.82, 2.24) is 0 Å². The van der Waals surface area contributed by atoms with Crippen molar-refractivity contribution in [2.75, 3.05) is 33.9 Å². The first-order chi connectivity index (χ1) is 19.4. The van der Waals surface area contributed by atoms with E-state index in [4.69, 9.17) is 9.47 Å². The normalized spacial score (nSPS) is 12.3. The van der Waals surface area contributed by atoms with E-state index < -0.39 is 0 Å². The monoisotopic (exact) mass is 552 g/mol. The molecular formula is C36H58NO3+. The first-order valence-electron chi connectivity index (χ1n) is 16.1. The van der Waals surface area contributed by atoms with Crippen molar-refractivity contribution in [3.05, 3.63) is 65.7 Å². The van der Waals surface area contributed by atoms with Gasteiger partial charge in [0.25, 0.3) is 0 Å². The maximum absolute atomic E-state index is 12.4. The molecule has 1 atom stereocenters. The van der Waals surface area contributed by atoms with Crippen molar-refractivity contribution in [2.45, 2.75) is 110 Å². The molecule has 2 aromatic rings. The van der Waals surface area contributed by atoms with Crippen molar-refractivity contribution in [3.8, 4) is 5.75 Å². The Labute approximate surface area is 246 Å². The third-order valence-corrected chi connectivity index (χ3v) is 7.86. The van der Waals surface area contributed by atoms with Crippen LogP contribution < -0.4 is 4.74 Å². The molecule has 0 amide bonds. The topological polar surface area (TPSA) is 35.5 Å². The summed E-state index contributed by atoms with van der Waals surface area (Å²) in [5.74, 6) is 0.580. The molecule has 0 bridgehead atoms. The van der Waals surface area contributed by atoms with Gasteiger partial charge in [-0.05, 0) is 30.5 Å². The van der Waals surface area contributed by atoms with Gasteiger partial charge in [-0.25, -0.2) is 0 Å². The van der Waals surface area contributed by atoms with E-state index in [-0.39, 0.29) is 18.5 Å². The minimum absolute atomic E-state index is 0.118. The summed E-state index contributed by atoms with van der Waals surface area (Å²) in [6.45, 7) is 6.78. The lowest BCUT2D eigenvalue weighted by atomic mass is 10.0. The minimum Gasteiger partial charge on any atom is -0.490 e. The molecule has 1 unspecified atom stereocenters. The zero-order valence-electron chi connectivity index (χ0n) is 26.2. The predicted molar refractivity (Wildman–Crippen MR) is 169 cm³/mol. The van der Waals surface area contributed by atoms with Crippen LogP contribution in [0.1, 0.15) is 108 Å². The van der Waals surface area contributed by atoms with Gasteiger partial charge in [-0.15, -0.1) is 0 Å². The molecule has 0 aliphatic carbocycles. The highest BCUT2D eigenvalue weighted by Gasteiger charge is 2.21. The molecule has 0 radical (unpaired) electrons. The quantitative estimate of drug-likeness (QED) is 0.0783. The minimum atomic E-state index is -0.138. The third-order valence-electron chi connectivity index (χ3n) is 7.86. The lowest BCUT2D eigenvalue weighted by Gasteiger charge is -2.30. The summed E-state index contributed by atoms with van der Waals surface area (Å²) < 4.78 is 12.1. The van der Waals surface area contributed by atoms with E-state index in [1.165, 1.54) is 88.2 Å². The number of hydrogen-bond donors (Lipinski definition) is 0. The van der Waals surface area contributed by atoms with Gasteiger partial charge in [0.1, 0.15) is 25.5 Å². The van der Waals surface area contributed by atoms with Crippen LogP contribution in [0.3, 0.4) is 0 Å². The molecule has 0 fully saturated rings. The summed E-state index contributed by atoms with van der Waals surface area (Å²) in [5, 5.41) is 0. The first-order valence-corrected chi connectivity index (χ1v) is 16.1. The number of ether oxygens (including phenoxy) is 2. The second kappa shape index (κ2) is 20.5. The van der Waals surface area contributed by atoms with Gasteiger partial charge in [0.15, 0.2) is 0 Å². The number of unbranched alkanes of at least 4 members (excludes halogenated alkanes) is 11. The predicted octanol–water partition coefficient (Wildman–Crippen LogP) is 9.16. The van der Waals surface area contributed by atoms with Crippen molar-refractivity contribution in [3.63, 3.8) is 0 Å². The summed E-state index contributed by atoms with van der Waals surface area (Å²) in [6, 6.07) is 18.9. The van der Waals surface area contributed by atoms with Crippen LogP contribution in [-0.4, -0.2) is 44.3 Å². The molecule has 224 valence electrons. The smallest absolute Gasteiger partial charge is 0.308 e. The van der Waals surface area contributed by atoms with E-state index in [0.717, 1.165) is 36.2 Å². The summed E-state index contributed by atoms with van der Waals surface area (Å²) in [4.78, 5) is 12.4. The lowest BCUT2D eigenvalue weighted by Crippen LogP contribution is -2.40. The van der Waals surface area contributed by atoms with E-state index in [1.807, 2.05) is 25.1 Å². The molecule has 40 heavy (non-hydrogen) atoms. The Kier molecular flexibility index (Phi) is 17.4. The number of aryl methyl sites for hydroxylation is 1.